The highest BCUT2D eigenvalue weighted by atomic mass is 16.5. The van der Waals surface area contributed by atoms with Crippen LogP contribution in [0.15, 0.2) is 72.3 Å². The fourth-order valence-corrected chi connectivity index (χ4v) is 5.37. The summed E-state index contributed by atoms with van der Waals surface area (Å²) in [6.45, 7) is 6.97. The van der Waals surface area contributed by atoms with E-state index in [1.54, 1.807) is 11.0 Å². The van der Waals surface area contributed by atoms with Crippen LogP contribution in [0.4, 0.5) is 5.69 Å². The van der Waals surface area contributed by atoms with Crippen molar-refractivity contribution in [2.45, 2.75) is 38.8 Å². The number of aliphatic hydroxyl groups is 1. The minimum absolute atomic E-state index is 0.110. The van der Waals surface area contributed by atoms with Crippen LogP contribution >= 0.6 is 0 Å². The van der Waals surface area contributed by atoms with E-state index in [1.165, 1.54) is 0 Å². The number of anilines is 1. The second kappa shape index (κ2) is 10.2. The number of hydrogen-bond acceptors (Lipinski definition) is 5. The number of fused-ring (bicyclic) bond motifs is 1. The van der Waals surface area contributed by atoms with E-state index >= 15 is 0 Å². The molecule has 1 amide bonds. The van der Waals surface area contributed by atoms with Gasteiger partial charge in [0.25, 0.3) is 11.7 Å². The van der Waals surface area contributed by atoms with E-state index in [0.29, 0.717) is 18.7 Å². The zero-order valence-corrected chi connectivity index (χ0v) is 20.8. The standard InChI is InChI=1S/C30H32N2O4/c1-3-31(4-2)24-15-13-21(14-16-24)27-26(29(34)30(35)32(27)19-25-10-7-17-36-25)28(33)23-12-11-20-8-5-6-9-22(20)18-23/h5-6,8-9,11-16,18,25,27,33H,3-4,7,10,17,19H2,1-2H3/b28-26-. The molecular formula is C30H32N2O4. The third-order valence-electron chi connectivity index (χ3n) is 7.32. The third kappa shape index (κ3) is 4.37. The quantitative estimate of drug-likeness (QED) is 0.280. The summed E-state index contributed by atoms with van der Waals surface area (Å²) in [5, 5.41) is 13.4. The first-order valence-electron chi connectivity index (χ1n) is 12.8. The molecule has 0 radical (unpaired) electrons. The third-order valence-corrected chi connectivity index (χ3v) is 7.32. The summed E-state index contributed by atoms with van der Waals surface area (Å²) in [5.74, 6) is -1.39. The van der Waals surface area contributed by atoms with Crippen LogP contribution in [0.3, 0.4) is 0 Å². The Kier molecular flexibility index (Phi) is 6.79. The highest BCUT2D eigenvalue weighted by Crippen LogP contribution is 2.40. The van der Waals surface area contributed by atoms with Crippen molar-refractivity contribution in [3.05, 3.63) is 83.4 Å². The average Bonchev–Trinajstić information content (AvgIpc) is 3.51. The van der Waals surface area contributed by atoms with Crippen molar-refractivity contribution in [3.63, 3.8) is 0 Å². The first-order valence-corrected chi connectivity index (χ1v) is 12.8. The molecule has 3 aromatic carbocycles. The molecule has 0 spiro atoms. The Morgan fingerprint density at radius 1 is 1.00 bits per heavy atom. The van der Waals surface area contributed by atoms with Gasteiger partial charge in [-0.15, -0.1) is 0 Å². The molecule has 3 aromatic rings. The number of Topliss-reactive ketones (excluding diaryl/α,β-unsaturated/α-hetero) is 1. The number of likely N-dealkylation sites (tertiary alicyclic amines) is 1. The van der Waals surface area contributed by atoms with Gasteiger partial charge in [-0.1, -0.05) is 48.5 Å². The first-order chi connectivity index (χ1) is 17.5. The van der Waals surface area contributed by atoms with E-state index in [4.69, 9.17) is 4.74 Å². The molecule has 186 valence electrons. The Morgan fingerprint density at radius 2 is 1.72 bits per heavy atom. The number of nitrogens with zero attached hydrogens (tertiary/aromatic N) is 2. The van der Waals surface area contributed by atoms with Crippen molar-refractivity contribution in [3.8, 4) is 0 Å². The lowest BCUT2D eigenvalue weighted by atomic mass is 9.94. The van der Waals surface area contributed by atoms with E-state index in [0.717, 1.165) is 48.0 Å². The molecular weight excluding hydrogens is 452 g/mol. The van der Waals surface area contributed by atoms with Gasteiger partial charge in [-0.05, 0) is 61.2 Å². The smallest absolute Gasteiger partial charge is 0.295 e. The van der Waals surface area contributed by atoms with Crippen LogP contribution in [0, 0.1) is 0 Å². The number of ether oxygens (including phenoxy) is 1. The van der Waals surface area contributed by atoms with Crippen LogP contribution in [-0.2, 0) is 14.3 Å². The summed E-state index contributed by atoms with van der Waals surface area (Å²) in [5.41, 5.74) is 2.53. The number of ketones is 1. The second-order valence-electron chi connectivity index (χ2n) is 9.41. The Labute approximate surface area is 211 Å². The number of carbonyl (C=O) groups excluding carboxylic acids is 2. The summed E-state index contributed by atoms with van der Waals surface area (Å²) < 4.78 is 5.80. The monoisotopic (exact) mass is 484 g/mol. The molecule has 2 atom stereocenters. The number of carbonyl (C=O) groups is 2. The van der Waals surface area contributed by atoms with Gasteiger partial charge in [0.1, 0.15) is 5.76 Å². The lowest BCUT2D eigenvalue weighted by molar-refractivity contribution is -0.140. The van der Waals surface area contributed by atoms with E-state index in [2.05, 4.69) is 18.7 Å². The van der Waals surface area contributed by atoms with Crippen molar-refractivity contribution in [2.24, 2.45) is 0 Å². The molecule has 1 N–H and O–H groups in total. The lowest BCUT2D eigenvalue weighted by Crippen LogP contribution is -2.36. The van der Waals surface area contributed by atoms with Gasteiger partial charge in [0, 0.05) is 37.5 Å². The van der Waals surface area contributed by atoms with Crippen molar-refractivity contribution < 1.29 is 19.4 Å². The zero-order chi connectivity index (χ0) is 25.2. The maximum Gasteiger partial charge on any atom is 0.295 e. The average molecular weight is 485 g/mol. The molecule has 2 heterocycles. The minimum Gasteiger partial charge on any atom is -0.507 e. The van der Waals surface area contributed by atoms with Gasteiger partial charge in [-0.25, -0.2) is 0 Å². The van der Waals surface area contributed by atoms with Crippen LogP contribution in [-0.4, -0.2) is 54.0 Å². The van der Waals surface area contributed by atoms with Gasteiger partial charge in [0.15, 0.2) is 0 Å². The Hall–Kier alpha value is -3.64. The topological polar surface area (TPSA) is 70.1 Å². The Bertz CT molecular complexity index is 1300. The van der Waals surface area contributed by atoms with Crippen molar-refractivity contribution in [1.29, 1.82) is 0 Å². The summed E-state index contributed by atoms with van der Waals surface area (Å²) in [6.07, 6.45) is 1.68. The normalized spacial score (nSPS) is 21.4. The van der Waals surface area contributed by atoms with Crippen LogP contribution in [0.5, 0.6) is 0 Å². The Balaban J connectivity index is 1.60. The van der Waals surface area contributed by atoms with Gasteiger partial charge < -0.3 is 19.6 Å². The highest BCUT2D eigenvalue weighted by molar-refractivity contribution is 6.46. The molecule has 2 saturated heterocycles. The molecule has 2 fully saturated rings. The molecule has 6 nitrogen and oxygen atoms in total. The fourth-order valence-electron chi connectivity index (χ4n) is 5.37. The molecule has 0 aromatic heterocycles. The number of benzene rings is 3. The van der Waals surface area contributed by atoms with E-state index < -0.39 is 17.7 Å². The van der Waals surface area contributed by atoms with Crippen molar-refractivity contribution >= 4 is 33.9 Å². The van der Waals surface area contributed by atoms with E-state index in [-0.39, 0.29) is 17.4 Å². The summed E-state index contributed by atoms with van der Waals surface area (Å²) in [4.78, 5) is 30.5. The molecule has 5 rings (SSSR count). The largest absolute Gasteiger partial charge is 0.507 e. The predicted octanol–water partition coefficient (Wildman–Crippen LogP) is 5.29. The minimum atomic E-state index is -0.675. The second-order valence-corrected chi connectivity index (χ2v) is 9.41. The van der Waals surface area contributed by atoms with Crippen LogP contribution in [0.2, 0.25) is 0 Å². The molecule has 36 heavy (non-hydrogen) atoms. The van der Waals surface area contributed by atoms with E-state index in [9.17, 15) is 14.7 Å². The number of hydrogen-bond donors (Lipinski definition) is 1. The molecule has 6 heteroatoms. The zero-order valence-electron chi connectivity index (χ0n) is 20.8. The van der Waals surface area contributed by atoms with Crippen LogP contribution in [0.25, 0.3) is 16.5 Å². The molecule has 0 aliphatic carbocycles. The van der Waals surface area contributed by atoms with Gasteiger partial charge in [0.05, 0.1) is 17.7 Å². The SMILES string of the molecule is CCN(CC)c1ccc(C2/C(=C(/O)c3ccc4ccccc4c3)C(=O)C(=O)N2CC2CCCO2)cc1. The maximum absolute atomic E-state index is 13.4. The Morgan fingerprint density at radius 3 is 2.39 bits per heavy atom. The van der Waals surface area contributed by atoms with Gasteiger partial charge in [0.2, 0.25) is 0 Å². The van der Waals surface area contributed by atoms with Gasteiger partial charge >= 0.3 is 0 Å². The molecule has 2 aliphatic heterocycles. The summed E-state index contributed by atoms with van der Waals surface area (Å²) in [7, 11) is 0. The summed E-state index contributed by atoms with van der Waals surface area (Å²) in [6, 6.07) is 20.7. The predicted molar refractivity (Wildman–Crippen MR) is 142 cm³/mol. The van der Waals surface area contributed by atoms with Crippen molar-refractivity contribution in [1.82, 2.24) is 4.90 Å². The van der Waals surface area contributed by atoms with Crippen molar-refractivity contribution in [2.75, 3.05) is 31.1 Å². The molecule has 2 aliphatic rings. The number of rotatable bonds is 7. The van der Waals surface area contributed by atoms with Gasteiger partial charge in [-0.2, -0.15) is 0 Å². The molecule has 0 saturated carbocycles. The van der Waals surface area contributed by atoms with Crippen LogP contribution in [0.1, 0.15) is 43.9 Å². The van der Waals surface area contributed by atoms with Crippen LogP contribution < -0.4 is 4.90 Å². The van der Waals surface area contributed by atoms with Gasteiger partial charge in [-0.3, -0.25) is 9.59 Å². The molecule has 0 bridgehead atoms. The maximum atomic E-state index is 13.4. The number of aliphatic hydroxyl groups excluding tert-OH is 1. The van der Waals surface area contributed by atoms with E-state index in [1.807, 2.05) is 60.7 Å². The summed E-state index contributed by atoms with van der Waals surface area (Å²) >= 11 is 0. The lowest BCUT2D eigenvalue weighted by Gasteiger charge is -2.28. The highest BCUT2D eigenvalue weighted by Gasteiger charge is 2.47. The fraction of sp³-hybridized carbons (Fsp3) is 0.333. The first kappa shape index (κ1) is 24.1. The number of amides is 1. The molecule has 2 unspecified atom stereocenters.